The zero-order chi connectivity index (χ0) is 21.6. The van der Waals surface area contributed by atoms with Crippen molar-refractivity contribution in [1.82, 2.24) is 19.9 Å². The molecule has 1 unspecified atom stereocenters. The molecule has 1 N–H and O–H groups in total. The van der Waals surface area contributed by atoms with Crippen molar-refractivity contribution >= 4 is 27.3 Å². The average molecular weight is 442 g/mol. The van der Waals surface area contributed by atoms with Crippen LogP contribution >= 0.6 is 11.3 Å². The van der Waals surface area contributed by atoms with Gasteiger partial charge in [-0.15, -0.1) is 5.10 Å². The van der Waals surface area contributed by atoms with Crippen LogP contribution in [0.3, 0.4) is 0 Å². The second-order valence-corrected chi connectivity index (χ2v) is 9.23. The van der Waals surface area contributed by atoms with Gasteiger partial charge in [0.2, 0.25) is 21.8 Å². The number of hydrogen-bond donors (Lipinski definition) is 1. The molecule has 2 aromatic heterocycles. The van der Waals surface area contributed by atoms with Crippen molar-refractivity contribution in [2.75, 3.05) is 11.4 Å². The van der Waals surface area contributed by atoms with Crippen LogP contribution in [0.4, 0.5) is 9.52 Å². The van der Waals surface area contributed by atoms with E-state index in [0.717, 1.165) is 29.3 Å². The van der Waals surface area contributed by atoms with Crippen LogP contribution in [0, 0.1) is 5.82 Å². The molecule has 3 aromatic rings. The first kappa shape index (κ1) is 20.1. The maximum atomic E-state index is 14.4. The van der Waals surface area contributed by atoms with E-state index in [4.69, 9.17) is 0 Å². The van der Waals surface area contributed by atoms with Crippen molar-refractivity contribution in [2.45, 2.75) is 57.0 Å². The molecule has 1 aromatic carbocycles. The number of anilines is 1. The number of carbonyl (C=O) groups excluding carboxylic acids is 1. The number of fused-ring (bicyclic) bond motifs is 1. The molecule has 1 aliphatic carbocycles. The summed E-state index contributed by atoms with van der Waals surface area (Å²) in [6.07, 6.45) is 4.52. The molecule has 1 atom stereocenters. The SMILES string of the molecule is CCCc1nc2sc(N3CCCC3C(=O)NC3(c4ccccc4)CC3)nn2c(=O)c1F. The van der Waals surface area contributed by atoms with Crippen LogP contribution in [-0.2, 0) is 16.8 Å². The molecule has 5 rings (SSSR count). The standard InChI is InChI=1S/C22H24FN5O2S/c1-2-7-15-17(23)19(30)28-20(24-15)31-21(26-28)27-13-6-10-16(27)18(29)25-22(11-12-22)14-8-4-3-5-9-14/h3-5,8-9,16H,2,6-7,10-13H2,1H3,(H,25,29). The normalized spacial score (nSPS) is 19.7. The van der Waals surface area contributed by atoms with Gasteiger partial charge in [-0.3, -0.25) is 9.59 Å². The molecule has 0 bridgehead atoms. The first-order chi connectivity index (χ1) is 15.0. The molecular weight excluding hydrogens is 417 g/mol. The molecule has 31 heavy (non-hydrogen) atoms. The van der Waals surface area contributed by atoms with Crippen molar-refractivity contribution < 1.29 is 9.18 Å². The van der Waals surface area contributed by atoms with E-state index >= 15 is 0 Å². The van der Waals surface area contributed by atoms with Gasteiger partial charge in [0, 0.05) is 6.54 Å². The Labute approximate surface area is 182 Å². The monoisotopic (exact) mass is 441 g/mol. The van der Waals surface area contributed by atoms with Gasteiger partial charge in [0.1, 0.15) is 6.04 Å². The number of aryl methyl sites for hydroxylation is 1. The van der Waals surface area contributed by atoms with Gasteiger partial charge in [-0.25, -0.2) is 4.98 Å². The number of hydrogen-bond acceptors (Lipinski definition) is 6. The minimum atomic E-state index is -0.842. The Hall–Kier alpha value is -2.81. The second kappa shape index (κ2) is 7.71. The van der Waals surface area contributed by atoms with Gasteiger partial charge in [-0.1, -0.05) is 55.0 Å². The molecule has 0 radical (unpaired) electrons. The van der Waals surface area contributed by atoms with Crippen LogP contribution in [0.5, 0.6) is 0 Å². The summed E-state index contributed by atoms with van der Waals surface area (Å²) in [7, 11) is 0. The molecule has 0 spiro atoms. The molecule has 7 nitrogen and oxygen atoms in total. The number of carbonyl (C=O) groups is 1. The Kier molecular flexibility index (Phi) is 5.00. The van der Waals surface area contributed by atoms with Crippen molar-refractivity contribution in [3.63, 3.8) is 0 Å². The highest BCUT2D eigenvalue weighted by Gasteiger charge is 2.47. The van der Waals surface area contributed by atoms with Crippen LogP contribution in [0.1, 0.15) is 50.3 Å². The molecule has 9 heteroatoms. The smallest absolute Gasteiger partial charge is 0.311 e. The number of nitrogens with zero attached hydrogens (tertiary/aromatic N) is 4. The topological polar surface area (TPSA) is 79.6 Å². The minimum Gasteiger partial charge on any atom is -0.345 e. The van der Waals surface area contributed by atoms with E-state index in [1.807, 2.05) is 42.2 Å². The van der Waals surface area contributed by atoms with E-state index in [2.05, 4.69) is 15.4 Å². The predicted molar refractivity (Wildman–Crippen MR) is 117 cm³/mol. The summed E-state index contributed by atoms with van der Waals surface area (Å²) in [5.41, 5.74) is 0.244. The molecule has 3 heterocycles. The minimum absolute atomic E-state index is 0.0312. The molecule has 1 saturated carbocycles. The Morgan fingerprint density at radius 1 is 1.32 bits per heavy atom. The lowest BCUT2D eigenvalue weighted by molar-refractivity contribution is -0.123. The summed E-state index contributed by atoms with van der Waals surface area (Å²) in [4.78, 5) is 32.2. The molecule has 162 valence electrons. The highest BCUT2D eigenvalue weighted by Crippen LogP contribution is 2.45. The molecule has 2 aliphatic rings. The number of nitrogens with one attached hydrogen (secondary N) is 1. The largest absolute Gasteiger partial charge is 0.345 e. The Balaban J connectivity index is 1.41. The van der Waals surface area contributed by atoms with Crippen molar-refractivity contribution in [3.05, 3.63) is 57.8 Å². The lowest BCUT2D eigenvalue weighted by Gasteiger charge is -2.26. The van der Waals surface area contributed by atoms with Gasteiger partial charge in [-0.05, 0) is 37.7 Å². The molecule has 1 saturated heterocycles. The number of rotatable bonds is 6. The molecule has 1 aliphatic heterocycles. The predicted octanol–water partition coefficient (Wildman–Crippen LogP) is 3.02. The van der Waals surface area contributed by atoms with Crippen molar-refractivity contribution in [3.8, 4) is 0 Å². The Morgan fingerprint density at radius 3 is 2.81 bits per heavy atom. The second-order valence-electron chi connectivity index (χ2n) is 8.30. The third-order valence-electron chi connectivity index (χ3n) is 6.14. The maximum absolute atomic E-state index is 14.4. The fraction of sp³-hybridized carbons (Fsp3) is 0.455. The summed E-state index contributed by atoms with van der Waals surface area (Å²) < 4.78 is 15.4. The van der Waals surface area contributed by atoms with Crippen molar-refractivity contribution in [1.29, 1.82) is 0 Å². The van der Waals surface area contributed by atoms with Gasteiger partial charge in [-0.2, -0.15) is 8.91 Å². The quantitative estimate of drug-likeness (QED) is 0.636. The van der Waals surface area contributed by atoms with Gasteiger partial charge in [0.15, 0.2) is 0 Å². The highest BCUT2D eigenvalue weighted by molar-refractivity contribution is 7.20. The van der Waals surface area contributed by atoms with Gasteiger partial charge in [0.05, 0.1) is 11.2 Å². The average Bonchev–Trinajstić information content (AvgIpc) is 3.20. The zero-order valence-corrected chi connectivity index (χ0v) is 18.1. The van der Waals surface area contributed by atoms with Gasteiger partial charge < -0.3 is 10.2 Å². The van der Waals surface area contributed by atoms with Gasteiger partial charge >= 0.3 is 5.56 Å². The third-order valence-corrected chi connectivity index (χ3v) is 7.09. The van der Waals surface area contributed by atoms with E-state index in [9.17, 15) is 14.0 Å². The molecule has 1 amide bonds. The number of halogens is 1. The first-order valence-corrected chi connectivity index (χ1v) is 11.6. The van der Waals surface area contributed by atoms with E-state index in [1.54, 1.807) is 0 Å². The van der Waals surface area contributed by atoms with Crippen LogP contribution in [0.15, 0.2) is 35.1 Å². The fourth-order valence-corrected chi connectivity index (χ4v) is 5.32. The summed E-state index contributed by atoms with van der Waals surface area (Å²) in [6, 6.07) is 9.68. The third kappa shape index (κ3) is 3.50. The van der Waals surface area contributed by atoms with E-state index in [-0.39, 0.29) is 23.2 Å². The molecule has 2 fully saturated rings. The van der Waals surface area contributed by atoms with Crippen LogP contribution in [0.25, 0.3) is 4.96 Å². The van der Waals surface area contributed by atoms with Crippen LogP contribution in [0.2, 0.25) is 0 Å². The summed E-state index contributed by atoms with van der Waals surface area (Å²) in [6.45, 7) is 2.58. The Bertz CT molecular complexity index is 1190. The number of aromatic nitrogens is 3. The lowest BCUT2D eigenvalue weighted by Crippen LogP contribution is -2.47. The molecular formula is C22H24FN5O2S. The van der Waals surface area contributed by atoms with Crippen LogP contribution < -0.4 is 15.8 Å². The first-order valence-electron chi connectivity index (χ1n) is 10.7. The fourth-order valence-electron chi connectivity index (χ4n) is 4.33. The zero-order valence-electron chi connectivity index (χ0n) is 17.3. The van der Waals surface area contributed by atoms with Gasteiger partial charge in [0.25, 0.3) is 0 Å². The van der Waals surface area contributed by atoms with E-state index in [0.29, 0.717) is 35.9 Å². The summed E-state index contributed by atoms with van der Waals surface area (Å²) in [5.74, 6) is -0.873. The maximum Gasteiger partial charge on any atom is 0.311 e. The Morgan fingerprint density at radius 2 is 2.10 bits per heavy atom. The van der Waals surface area contributed by atoms with E-state index in [1.165, 1.54) is 11.3 Å². The highest BCUT2D eigenvalue weighted by atomic mass is 32.1. The lowest BCUT2D eigenvalue weighted by atomic mass is 10.0. The number of amides is 1. The number of benzene rings is 1. The summed E-state index contributed by atoms with van der Waals surface area (Å²) in [5, 5.41) is 8.11. The summed E-state index contributed by atoms with van der Waals surface area (Å²) >= 11 is 1.23. The van der Waals surface area contributed by atoms with Crippen molar-refractivity contribution in [2.24, 2.45) is 0 Å². The van der Waals surface area contributed by atoms with E-state index < -0.39 is 11.4 Å². The van der Waals surface area contributed by atoms with Crippen LogP contribution in [-0.4, -0.2) is 33.1 Å².